The summed E-state index contributed by atoms with van der Waals surface area (Å²) in [6.07, 6.45) is -0.145. The zero-order valence-corrected chi connectivity index (χ0v) is 19.5. The normalized spacial score (nSPS) is 12.5. The number of hydrogen-bond acceptors (Lipinski definition) is 7. The Bertz CT molecular complexity index is 1500. The van der Waals surface area contributed by atoms with E-state index in [0.29, 0.717) is 5.69 Å². The van der Waals surface area contributed by atoms with Gasteiger partial charge in [-0.1, -0.05) is 48.5 Å². The number of nitro groups is 1. The maximum atomic E-state index is 12.6. The third kappa shape index (κ3) is 4.37. The van der Waals surface area contributed by atoms with Gasteiger partial charge >= 0.3 is 0 Å². The molecule has 0 unspecified atom stereocenters. The Balaban J connectivity index is 1.20. The Morgan fingerprint density at radius 1 is 0.944 bits per heavy atom. The number of imide groups is 1. The molecule has 3 amide bonds. The van der Waals surface area contributed by atoms with Gasteiger partial charge in [0.15, 0.2) is 0 Å². The molecule has 178 valence electrons. The molecular formula is C26H18N4O5S. The van der Waals surface area contributed by atoms with Crippen LogP contribution in [0.4, 0.5) is 11.4 Å². The van der Waals surface area contributed by atoms with E-state index in [9.17, 15) is 24.5 Å². The second kappa shape index (κ2) is 9.51. The van der Waals surface area contributed by atoms with Crippen LogP contribution in [0, 0.1) is 10.1 Å². The van der Waals surface area contributed by atoms with Gasteiger partial charge in [0.05, 0.1) is 16.2 Å². The van der Waals surface area contributed by atoms with E-state index in [1.54, 1.807) is 23.5 Å². The molecule has 0 aliphatic carbocycles. The molecule has 0 saturated heterocycles. The second-order valence-electron chi connectivity index (χ2n) is 8.00. The molecule has 36 heavy (non-hydrogen) atoms. The molecule has 0 radical (unpaired) electrons. The fraction of sp³-hybridized carbons (Fsp3) is 0.0769. The van der Waals surface area contributed by atoms with E-state index in [-0.39, 0.29) is 24.1 Å². The monoisotopic (exact) mass is 498 g/mol. The first kappa shape index (κ1) is 23.1. The van der Waals surface area contributed by atoms with Crippen molar-refractivity contribution in [1.82, 2.24) is 9.88 Å². The van der Waals surface area contributed by atoms with Crippen molar-refractivity contribution < 1.29 is 19.3 Å². The predicted octanol–water partition coefficient (Wildman–Crippen LogP) is 5.01. The van der Waals surface area contributed by atoms with Crippen molar-refractivity contribution in [3.8, 4) is 21.8 Å². The summed E-state index contributed by atoms with van der Waals surface area (Å²) in [6, 6.07) is 21.0. The van der Waals surface area contributed by atoms with Gasteiger partial charge in [0, 0.05) is 41.2 Å². The van der Waals surface area contributed by atoms with Crippen molar-refractivity contribution in [2.75, 3.05) is 11.9 Å². The lowest BCUT2D eigenvalue weighted by molar-refractivity contribution is -0.385. The fourth-order valence-electron chi connectivity index (χ4n) is 3.95. The van der Waals surface area contributed by atoms with Crippen LogP contribution in [0.25, 0.3) is 21.8 Å². The fourth-order valence-corrected chi connectivity index (χ4v) is 4.79. The molecule has 0 atom stereocenters. The molecule has 0 saturated carbocycles. The molecule has 3 aromatic carbocycles. The van der Waals surface area contributed by atoms with Crippen LogP contribution in [0.1, 0.15) is 27.1 Å². The molecule has 1 aromatic heterocycles. The minimum absolute atomic E-state index is 0.0253. The lowest BCUT2D eigenvalue weighted by Crippen LogP contribution is -2.33. The number of anilines is 1. The number of fused-ring (bicyclic) bond motifs is 1. The first-order valence-electron chi connectivity index (χ1n) is 11.0. The van der Waals surface area contributed by atoms with E-state index in [2.05, 4.69) is 10.3 Å². The predicted molar refractivity (Wildman–Crippen MR) is 135 cm³/mol. The third-order valence-electron chi connectivity index (χ3n) is 5.73. The van der Waals surface area contributed by atoms with E-state index in [0.717, 1.165) is 26.7 Å². The van der Waals surface area contributed by atoms with Crippen LogP contribution in [-0.2, 0) is 4.79 Å². The van der Waals surface area contributed by atoms with Gasteiger partial charge in [0.1, 0.15) is 10.6 Å². The minimum Gasteiger partial charge on any atom is -0.326 e. The van der Waals surface area contributed by atoms with E-state index < -0.39 is 28.3 Å². The van der Waals surface area contributed by atoms with E-state index in [4.69, 9.17) is 0 Å². The molecular weight excluding hydrogens is 480 g/mol. The summed E-state index contributed by atoms with van der Waals surface area (Å²) in [6.45, 7) is -0.186. The third-order valence-corrected chi connectivity index (χ3v) is 6.62. The number of amides is 3. The lowest BCUT2D eigenvalue weighted by atomic mass is 10.1. The summed E-state index contributed by atoms with van der Waals surface area (Å²) in [7, 11) is 0. The van der Waals surface area contributed by atoms with Crippen molar-refractivity contribution in [1.29, 1.82) is 0 Å². The zero-order chi connectivity index (χ0) is 25.2. The van der Waals surface area contributed by atoms with Gasteiger partial charge in [0.2, 0.25) is 5.91 Å². The molecule has 0 spiro atoms. The van der Waals surface area contributed by atoms with E-state index in [1.807, 2.05) is 47.8 Å². The number of rotatable bonds is 7. The highest BCUT2D eigenvalue weighted by Crippen LogP contribution is 2.31. The molecule has 1 aliphatic rings. The number of carbonyl (C=O) groups excluding carboxylic acids is 3. The maximum absolute atomic E-state index is 12.6. The van der Waals surface area contributed by atoms with Crippen LogP contribution in [0.15, 0.2) is 78.2 Å². The Morgan fingerprint density at radius 2 is 1.69 bits per heavy atom. The van der Waals surface area contributed by atoms with Gasteiger partial charge in [-0.15, -0.1) is 11.3 Å². The Morgan fingerprint density at radius 3 is 2.42 bits per heavy atom. The summed E-state index contributed by atoms with van der Waals surface area (Å²) in [5.41, 5.74) is 2.65. The van der Waals surface area contributed by atoms with Gasteiger partial charge in [-0.25, -0.2) is 4.98 Å². The van der Waals surface area contributed by atoms with E-state index >= 15 is 0 Å². The van der Waals surface area contributed by atoms with Crippen molar-refractivity contribution in [3.63, 3.8) is 0 Å². The number of nitrogens with one attached hydrogen (secondary N) is 1. The van der Waals surface area contributed by atoms with Crippen LogP contribution in [0.2, 0.25) is 0 Å². The standard InChI is InChI=1S/C26H18N4O5S/c31-22(13-14-29-25(32)19-7-4-8-21(30(34)35)23(19)26(29)33)27-18-11-9-16(10-12-18)20-15-36-24(28-20)17-5-2-1-3-6-17/h1-12,15H,13-14H2,(H,27,31). The SMILES string of the molecule is O=C(CCN1C(=O)c2cccc([N+](=O)[O-])c2C1=O)Nc1ccc(-c2csc(-c3ccccc3)n2)cc1. The van der Waals surface area contributed by atoms with Crippen molar-refractivity contribution >= 4 is 40.4 Å². The van der Waals surface area contributed by atoms with Crippen LogP contribution in [-0.4, -0.2) is 39.1 Å². The average Bonchev–Trinajstić information content (AvgIpc) is 3.47. The number of thiazole rings is 1. The average molecular weight is 499 g/mol. The number of aromatic nitrogens is 1. The molecule has 5 rings (SSSR count). The van der Waals surface area contributed by atoms with Crippen LogP contribution < -0.4 is 5.32 Å². The minimum atomic E-state index is -0.766. The molecule has 0 bridgehead atoms. The van der Waals surface area contributed by atoms with Crippen LogP contribution in [0.5, 0.6) is 0 Å². The number of carbonyl (C=O) groups is 3. The number of hydrogen-bond donors (Lipinski definition) is 1. The second-order valence-corrected chi connectivity index (χ2v) is 8.86. The summed E-state index contributed by atoms with van der Waals surface area (Å²) >= 11 is 1.55. The van der Waals surface area contributed by atoms with E-state index in [1.165, 1.54) is 18.2 Å². The van der Waals surface area contributed by atoms with Gasteiger partial charge < -0.3 is 5.32 Å². The first-order valence-corrected chi connectivity index (χ1v) is 11.8. The van der Waals surface area contributed by atoms with Crippen molar-refractivity contribution in [3.05, 3.63) is 99.4 Å². The Kier molecular flexibility index (Phi) is 6.09. The molecule has 4 aromatic rings. The summed E-state index contributed by atoms with van der Waals surface area (Å²) in [4.78, 5) is 53.7. The molecule has 1 aliphatic heterocycles. The molecule has 0 fully saturated rings. The van der Waals surface area contributed by atoms with Gasteiger partial charge in [-0.05, 0) is 18.2 Å². The zero-order valence-electron chi connectivity index (χ0n) is 18.7. The first-order chi connectivity index (χ1) is 17.4. The highest BCUT2D eigenvalue weighted by Gasteiger charge is 2.40. The Hall–Kier alpha value is -4.70. The quantitative estimate of drug-likeness (QED) is 0.217. The number of benzene rings is 3. The highest BCUT2D eigenvalue weighted by atomic mass is 32.1. The van der Waals surface area contributed by atoms with Gasteiger partial charge in [0.25, 0.3) is 17.5 Å². The summed E-state index contributed by atoms with van der Waals surface area (Å²) in [5, 5.41) is 16.9. The molecule has 10 heteroatoms. The maximum Gasteiger partial charge on any atom is 0.282 e. The molecule has 2 heterocycles. The van der Waals surface area contributed by atoms with Gasteiger partial charge in [-0.2, -0.15) is 0 Å². The van der Waals surface area contributed by atoms with Crippen LogP contribution >= 0.6 is 11.3 Å². The van der Waals surface area contributed by atoms with Crippen molar-refractivity contribution in [2.24, 2.45) is 0 Å². The molecule has 1 N–H and O–H groups in total. The smallest absolute Gasteiger partial charge is 0.282 e. The summed E-state index contributed by atoms with van der Waals surface area (Å²) in [5.74, 6) is -1.81. The summed E-state index contributed by atoms with van der Waals surface area (Å²) < 4.78 is 0. The molecule has 9 nitrogen and oxygen atoms in total. The van der Waals surface area contributed by atoms with Crippen molar-refractivity contribution in [2.45, 2.75) is 6.42 Å². The largest absolute Gasteiger partial charge is 0.326 e. The number of nitrogens with zero attached hydrogens (tertiary/aromatic N) is 3. The topological polar surface area (TPSA) is 123 Å². The highest BCUT2D eigenvalue weighted by molar-refractivity contribution is 7.13. The van der Waals surface area contributed by atoms with Gasteiger partial charge in [-0.3, -0.25) is 29.4 Å². The lowest BCUT2D eigenvalue weighted by Gasteiger charge is -2.13. The number of nitro benzene ring substituents is 1. The van der Waals surface area contributed by atoms with Crippen LogP contribution in [0.3, 0.4) is 0 Å². The Labute approximate surface area is 209 Å².